The van der Waals surface area contributed by atoms with E-state index < -0.39 is 16.1 Å². The number of carbonyl (C=O) groups excluding carboxylic acids is 1. The van der Waals surface area contributed by atoms with Crippen LogP contribution in [0.15, 0.2) is 76.2 Å². The van der Waals surface area contributed by atoms with Gasteiger partial charge in [0, 0.05) is 12.1 Å². The molecule has 2 aromatic carbocycles. The van der Waals surface area contributed by atoms with Gasteiger partial charge in [0.25, 0.3) is 5.91 Å². The molecule has 1 aromatic heterocycles. The Morgan fingerprint density at radius 2 is 1.93 bits per heavy atom. The monoisotopic (exact) mass is 398 g/mol. The fourth-order valence-electron chi connectivity index (χ4n) is 2.95. The first-order valence-corrected chi connectivity index (χ1v) is 10.2. The van der Waals surface area contributed by atoms with Gasteiger partial charge in [-0.05, 0) is 42.0 Å². The van der Waals surface area contributed by atoms with Gasteiger partial charge in [0.15, 0.2) is 6.10 Å². The number of para-hydroxylation sites is 1. The van der Waals surface area contributed by atoms with Crippen molar-refractivity contribution < 1.29 is 22.4 Å². The number of fused-ring (bicyclic) bond motifs is 1. The van der Waals surface area contributed by atoms with Gasteiger partial charge >= 0.3 is 0 Å². The van der Waals surface area contributed by atoms with Crippen molar-refractivity contribution in [2.24, 2.45) is 0 Å². The van der Waals surface area contributed by atoms with Gasteiger partial charge in [0.2, 0.25) is 10.0 Å². The van der Waals surface area contributed by atoms with Crippen LogP contribution in [0.4, 0.5) is 5.69 Å². The average Bonchev–Trinajstić information content (AvgIpc) is 3.36. The Kier molecular flexibility index (Phi) is 4.89. The number of benzene rings is 2. The number of nitrogens with one attached hydrogen (secondary N) is 2. The van der Waals surface area contributed by atoms with Crippen LogP contribution in [0.5, 0.6) is 5.75 Å². The Hall–Kier alpha value is -3.10. The van der Waals surface area contributed by atoms with Crippen molar-refractivity contribution in [2.75, 3.05) is 5.32 Å². The van der Waals surface area contributed by atoms with Crippen LogP contribution in [-0.4, -0.2) is 20.4 Å². The highest BCUT2D eigenvalue weighted by Gasteiger charge is 2.29. The second kappa shape index (κ2) is 7.49. The lowest BCUT2D eigenvalue weighted by atomic mass is 10.1. The molecule has 0 fully saturated rings. The molecular formula is C20H18N2O5S. The van der Waals surface area contributed by atoms with E-state index in [2.05, 4.69) is 10.0 Å². The highest BCUT2D eigenvalue weighted by molar-refractivity contribution is 7.89. The highest BCUT2D eigenvalue weighted by atomic mass is 32.2. The van der Waals surface area contributed by atoms with Crippen molar-refractivity contribution in [1.82, 2.24) is 4.72 Å². The van der Waals surface area contributed by atoms with Crippen LogP contribution in [0.25, 0.3) is 0 Å². The highest BCUT2D eigenvalue weighted by Crippen LogP contribution is 2.28. The third-order valence-corrected chi connectivity index (χ3v) is 5.77. The van der Waals surface area contributed by atoms with Crippen molar-refractivity contribution in [3.8, 4) is 5.75 Å². The summed E-state index contributed by atoms with van der Waals surface area (Å²) >= 11 is 0. The molecule has 1 aliphatic heterocycles. The number of carbonyl (C=O) groups is 1. The molecule has 3 aromatic rings. The Morgan fingerprint density at radius 3 is 2.71 bits per heavy atom. The molecule has 0 radical (unpaired) electrons. The number of anilines is 1. The van der Waals surface area contributed by atoms with E-state index in [1.54, 1.807) is 24.3 Å². The molecule has 0 spiro atoms. The summed E-state index contributed by atoms with van der Waals surface area (Å²) in [5, 5.41) is 2.73. The molecule has 0 bridgehead atoms. The fourth-order valence-corrected chi connectivity index (χ4v) is 3.99. The summed E-state index contributed by atoms with van der Waals surface area (Å²) in [6, 6.07) is 16.9. The normalized spacial score (nSPS) is 15.6. The molecule has 1 amide bonds. The molecule has 1 atom stereocenters. The fraction of sp³-hybridized carbons (Fsp3) is 0.150. The number of amides is 1. The zero-order valence-corrected chi connectivity index (χ0v) is 15.6. The third kappa shape index (κ3) is 3.92. The van der Waals surface area contributed by atoms with Crippen LogP contribution in [0.2, 0.25) is 0 Å². The molecule has 0 unspecified atom stereocenters. The van der Waals surface area contributed by atoms with Crippen LogP contribution >= 0.6 is 0 Å². The second-order valence-electron chi connectivity index (χ2n) is 6.34. The summed E-state index contributed by atoms with van der Waals surface area (Å²) in [5.41, 5.74) is 1.35. The lowest BCUT2D eigenvalue weighted by Gasteiger charge is -2.12. The first-order chi connectivity index (χ1) is 13.5. The van der Waals surface area contributed by atoms with E-state index >= 15 is 0 Å². The zero-order chi connectivity index (χ0) is 19.6. The smallest absolute Gasteiger partial charge is 0.265 e. The molecule has 2 heterocycles. The predicted octanol–water partition coefficient (Wildman–Crippen LogP) is 2.70. The van der Waals surface area contributed by atoms with E-state index in [9.17, 15) is 13.2 Å². The van der Waals surface area contributed by atoms with E-state index in [-0.39, 0.29) is 17.3 Å². The minimum Gasteiger partial charge on any atom is -0.480 e. The molecule has 28 heavy (non-hydrogen) atoms. The molecule has 0 saturated carbocycles. The SMILES string of the molecule is O=C(Nc1cccc(S(=O)(=O)NCc2ccco2)c1)[C@@H]1Cc2ccccc2O1. The molecule has 0 aliphatic carbocycles. The topological polar surface area (TPSA) is 97.6 Å². The van der Waals surface area contributed by atoms with Crippen molar-refractivity contribution in [2.45, 2.75) is 24.0 Å². The van der Waals surface area contributed by atoms with Crippen molar-refractivity contribution in [1.29, 1.82) is 0 Å². The largest absolute Gasteiger partial charge is 0.480 e. The van der Waals surface area contributed by atoms with Crippen molar-refractivity contribution in [3.05, 3.63) is 78.3 Å². The van der Waals surface area contributed by atoms with E-state index in [1.165, 1.54) is 18.4 Å². The van der Waals surface area contributed by atoms with Crippen LogP contribution in [-0.2, 0) is 27.8 Å². The molecule has 4 rings (SSSR count). The van der Waals surface area contributed by atoms with Gasteiger partial charge in [-0.1, -0.05) is 24.3 Å². The van der Waals surface area contributed by atoms with Gasteiger partial charge < -0.3 is 14.5 Å². The minimum absolute atomic E-state index is 0.0418. The van der Waals surface area contributed by atoms with Crippen LogP contribution in [0, 0.1) is 0 Å². The van der Waals surface area contributed by atoms with Crippen molar-refractivity contribution in [3.63, 3.8) is 0 Å². The third-order valence-electron chi connectivity index (χ3n) is 4.37. The quantitative estimate of drug-likeness (QED) is 0.665. The lowest BCUT2D eigenvalue weighted by molar-refractivity contribution is -0.122. The number of sulfonamides is 1. The summed E-state index contributed by atoms with van der Waals surface area (Å²) in [4.78, 5) is 12.6. The van der Waals surface area contributed by atoms with E-state index in [0.717, 1.165) is 5.56 Å². The zero-order valence-electron chi connectivity index (χ0n) is 14.8. The molecule has 8 heteroatoms. The van der Waals surface area contributed by atoms with Gasteiger partial charge in [-0.2, -0.15) is 0 Å². The van der Waals surface area contributed by atoms with Crippen molar-refractivity contribution >= 4 is 21.6 Å². The molecule has 144 valence electrons. The number of hydrogen-bond donors (Lipinski definition) is 2. The summed E-state index contributed by atoms with van der Waals surface area (Å²) in [6.45, 7) is 0.0418. The van der Waals surface area contributed by atoms with Crippen LogP contribution in [0.1, 0.15) is 11.3 Å². The van der Waals surface area contributed by atoms with Crippen LogP contribution < -0.4 is 14.8 Å². The summed E-state index contributed by atoms with van der Waals surface area (Å²) < 4.78 is 38.2. The first kappa shape index (κ1) is 18.3. The van der Waals surface area contributed by atoms with Gasteiger partial charge in [-0.25, -0.2) is 13.1 Å². The summed E-state index contributed by atoms with van der Waals surface area (Å²) in [7, 11) is -3.75. The van der Waals surface area contributed by atoms with E-state index in [1.807, 2.05) is 24.3 Å². The lowest BCUT2D eigenvalue weighted by Crippen LogP contribution is -2.31. The van der Waals surface area contributed by atoms with Gasteiger partial charge in [-0.15, -0.1) is 0 Å². The Morgan fingerprint density at radius 1 is 1.07 bits per heavy atom. The molecular weight excluding hydrogens is 380 g/mol. The number of rotatable bonds is 6. The Balaban J connectivity index is 1.43. The van der Waals surface area contributed by atoms with Gasteiger partial charge in [0.05, 0.1) is 17.7 Å². The number of hydrogen-bond acceptors (Lipinski definition) is 5. The molecule has 0 saturated heterocycles. The Labute approximate surface area is 162 Å². The standard InChI is InChI=1S/C20H18N2O5S/c23-20(19-11-14-5-1-2-9-18(14)27-19)22-15-6-3-8-17(12-15)28(24,25)21-13-16-7-4-10-26-16/h1-10,12,19,21H,11,13H2,(H,22,23)/t19-/m0/s1. The van der Waals surface area contributed by atoms with E-state index in [4.69, 9.17) is 9.15 Å². The van der Waals surface area contributed by atoms with E-state index in [0.29, 0.717) is 23.6 Å². The summed E-state index contributed by atoms with van der Waals surface area (Å²) in [5.74, 6) is 0.876. The number of furan rings is 1. The molecule has 1 aliphatic rings. The Bertz CT molecular complexity index is 1070. The average molecular weight is 398 g/mol. The maximum Gasteiger partial charge on any atom is 0.265 e. The maximum atomic E-state index is 12.5. The molecule has 7 nitrogen and oxygen atoms in total. The predicted molar refractivity (Wildman–Crippen MR) is 102 cm³/mol. The van der Waals surface area contributed by atoms with Gasteiger partial charge in [-0.3, -0.25) is 4.79 Å². The summed E-state index contributed by atoms with van der Waals surface area (Å²) in [6.07, 6.45) is 1.31. The minimum atomic E-state index is -3.75. The second-order valence-corrected chi connectivity index (χ2v) is 8.11. The van der Waals surface area contributed by atoms with Crippen LogP contribution in [0.3, 0.4) is 0 Å². The molecule has 2 N–H and O–H groups in total. The number of ether oxygens (including phenoxy) is 1. The van der Waals surface area contributed by atoms with Gasteiger partial charge in [0.1, 0.15) is 11.5 Å². The first-order valence-electron chi connectivity index (χ1n) is 8.69. The maximum absolute atomic E-state index is 12.5.